The van der Waals surface area contributed by atoms with Crippen LogP contribution < -0.4 is 10.6 Å². The van der Waals surface area contributed by atoms with E-state index in [0.29, 0.717) is 10.8 Å². The standard InChI is InChI=1S/C27H31FN4O6/c1-27(2,3)38-26(35)32(4)22(15-30-24(33)36-16-18-8-6-5-7-9-18)17-37-25(34)31-23-13-20-12-21(28)11-10-19(20)14-29-23/h5-14,22H,15-17H2,1-4H3,(H,30,33)(H,29,31,34)/t22-/m0/s1. The fourth-order valence-corrected chi connectivity index (χ4v) is 3.26. The number of rotatable bonds is 8. The molecule has 0 radical (unpaired) electrons. The molecule has 10 nitrogen and oxygen atoms in total. The van der Waals surface area contributed by atoms with E-state index in [1.54, 1.807) is 26.8 Å². The summed E-state index contributed by atoms with van der Waals surface area (Å²) in [5.74, 6) is -0.257. The Morgan fingerprint density at radius 1 is 1.00 bits per heavy atom. The monoisotopic (exact) mass is 526 g/mol. The van der Waals surface area contributed by atoms with Gasteiger partial charge < -0.3 is 24.4 Å². The summed E-state index contributed by atoms with van der Waals surface area (Å²) in [4.78, 5) is 42.6. The molecular formula is C27H31FN4O6. The summed E-state index contributed by atoms with van der Waals surface area (Å²) in [6, 6.07) is 14.1. The third-order valence-electron chi connectivity index (χ3n) is 5.24. The molecule has 0 bridgehead atoms. The molecule has 38 heavy (non-hydrogen) atoms. The van der Waals surface area contributed by atoms with Gasteiger partial charge in [0.25, 0.3) is 0 Å². The van der Waals surface area contributed by atoms with Crippen molar-refractivity contribution >= 4 is 34.9 Å². The minimum atomic E-state index is -0.845. The molecule has 2 N–H and O–H groups in total. The SMILES string of the molecule is CN(C(=O)OC(C)(C)C)[C@@H](CNC(=O)OCc1ccccc1)COC(=O)Nc1cc2cc(F)ccc2cn1. The van der Waals surface area contributed by atoms with E-state index in [2.05, 4.69) is 15.6 Å². The maximum atomic E-state index is 13.5. The summed E-state index contributed by atoms with van der Waals surface area (Å²) in [5, 5.41) is 6.31. The first kappa shape index (κ1) is 28.2. The highest BCUT2D eigenvalue weighted by Crippen LogP contribution is 2.18. The highest BCUT2D eigenvalue weighted by Gasteiger charge is 2.27. The number of anilines is 1. The quantitative estimate of drug-likeness (QED) is 0.393. The third kappa shape index (κ3) is 8.91. The molecule has 1 heterocycles. The van der Waals surface area contributed by atoms with Gasteiger partial charge in [0.1, 0.15) is 30.4 Å². The molecular weight excluding hydrogens is 495 g/mol. The van der Waals surface area contributed by atoms with E-state index in [-0.39, 0.29) is 25.6 Å². The lowest BCUT2D eigenvalue weighted by Gasteiger charge is -2.30. The Morgan fingerprint density at radius 3 is 2.45 bits per heavy atom. The van der Waals surface area contributed by atoms with Gasteiger partial charge in [-0.1, -0.05) is 30.3 Å². The minimum absolute atomic E-state index is 0.0702. The fraction of sp³-hybridized carbons (Fsp3) is 0.333. The van der Waals surface area contributed by atoms with Crippen LogP contribution in [0, 0.1) is 5.82 Å². The Labute approximate surface area is 220 Å². The van der Waals surface area contributed by atoms with Gasteiger partial charge in [-0.3, -0.25) is 5.32 Å². The second-order valence-corrected chi connectivity index (χ2v) is 9.47. The third-order valence-corrected chi connectivity index (χ3v) is 5.24. The Kier molecular flexibility index (Phi) is 9.42. The average Bonchev–Trinajstić information content (AvgIpc) is 2.86. The molecule has 0 aliphatic carbocycles. The van der Waals surface area contributed by atoms with Crippen LogP contribution in [0.25, 0.3) is 10.8 Å². The number of pyridine rings is 1. The number of carbonyl (C=O) groups excluding carboxylic acids is 3. The van der Waals surface area contributed by atoms with E-state index < -0.39 is 35.7 Å². The van der Waals surface area contributed by atoms with Crippen molar-refractivity contribution < 1.29 is 33.0 Å². The molecule has 0 unspecified atom stereocenters. The molecule has 0 spiro atoms. The topological polar surface area (TPSA) is 119 Å². The lowest BCUT2D eigenvalue weighted by molar-refractivity contribution is 0.0148. The van der Waals surface area contributed by atoms with Crippen molar-refractivity contribution in [1.82, 2.24) is 15.2 Å². The van der Waals surface area contributed by atoms with Crippen LogP contribution in [-0.2, 0) is 20.8 Å². The number of alkyl carbamates (subject to hydrolysis) is 1. The van der Waals surface area contributed by atoms with Crippen LogP contribution in [0.3, 0.4) is 0 Å². The fourth-order valence-electron chi connectivity index (χ4n) is 3.26. The predicted molar refractivity (Wildman–Crippen MR) is 139 cm³/mol. The van der Waals surface area contributed by atoms with Gasteiger partial charge in [0.05, 0.1) is 6.04 Å². The molecule has 0 fully saturated rings. The average molecular weight is 527 g/mol. The van der Waals surface area contributed by atoms with Gasteiger partial charge in [-0.2, -0.15) is 0 Å². The van der Waals surface area contributed by atoms with Crippen LogP contribution in [0.4, 0.5) is 24.6 Å². The van der Waals surface area contributed by atoms with Crippen molar-refractivity contribution in [2.75, 3.05) is 25.5 Å². The molecule has 2 aromatic carbocycles. The smallest absolute Gasteiger partial charge is 0.412 e. The van der Waals surface area contributed by atoms with Crippen LogP contribution >= 0.6 is 0 Å². The number of ether oxygens (including phenoxy) is 3. The van der Waals surface area contributed by atoms with Crippen LogP contribution in [0.2, 0.25) is 0 Å². The van der Waals surface area contributed by atoms with Gasteiger partial charge >= 0.3 is 18.3 Å². The first-order valence-corrected chi connectivity index (χ1v) is 11.9. The summed E-state index contributed by atoms with van der Waals surface area (Å²) >= 11 is 0. The summed E-state index contributed by atoms with van der Waals surface area (Å²) in [7, 11) is 1.47. The van der Waals surface area contributed by atoms with Crippen molar-refractivity contribution in [3.63, 3.8) is 0 Å². The zero-order chi connectivity index (χ0) is 27.7. The molecule has 3 amide bonds. The zero-order valence-corrected chi connectivity index (χ0v) is 21.7. The van der Waals surface area contributed by atoms with Crippen LogP contribution in [0.5, 0.6) is 0 Å². The number of likely N-dealkylation sites (N-methyl/N-ethyl adjacent to an activating group) is 1. The highest BCUT2D eigenvalue weighted by molar-refractivity contribution is 5.89. The number of hydrogen-bond acceptors (Lipinski definition) is 7. The number of fused-ring (bicyclic) bond motifs is 1. The highest BCUT2D eigenvalue weighted by atomic mass is 19.1. The summed E-state index contributed by atoms with van der Waals surface area (Å²) in [5.41, 5.74) is 0.0623. The molecule has 11 heteroatoms. The molecule has 1 aromatic heterocycles. The Hall–Kier alpha value is -4.41. The largest absolute Gasteiger partial charge is 0.447 e. The second kappa shape index (κ2) is 12.7. The number of benzene rings is 2. The number of halogens is 1. The number of nitrogens with zero attached hydrogens (tertiary/aromatic N) is 2. The molecule has 0 aliphatic heterocycles. The number of carbonyl (C=O) groups is 3. The van der Waals surface area contributed by atoms with Crippen LogP contribution in [0.1, 0.15) is 26.3 Å². The van der Waals surface area contributed by atoms with Gasteiger partial charge in [0, 0.05) is 25.2 Å². The van der Waals surface area contributed by atoms with Crippen molar-refractivity contribution in [2.45, 2.75) is 39.0 Å². The maximum Gasteiger partial charge on any atom is 0.412 e. The van der Waals surface area contributed by atoms with E-state index in [4.69, 9.17) is 14.2 Å². The van der Waals surface area contributed by atoms with Gasteiger partial charge in [0.15, 0.2) is 0 Å². The van der Waals surface area contributed by atoms with Crippen LogP contribution in [0.15, 0.2) is 60.8 Å². The van der Waals surface area contributed by atoms with Gasteiger partial charge in [-0.15, -0.1) is 0 Å². The van der Waals surface area contributed by atoms with Crippen molar-refractivity contribution in [3.05, 3.63) is 72.2 Å². The number of hydrogen-bond donors (Lipinski definition) is 2. The van der Waals surface area contributed by atoms with Gasteiger partial charge in [0.2, 0.25) is 0 Å². The molecule has 1 atom stereocenters. The lowest BCUT2D eigenvalue weighted by atomic mass is 10.2. The van der Waals surface area contributed by atoms with E-state index >= 15 is 0 Å². The molecule has 0 saturated carbocycles. The molecule has 202 valence electrons. The molecule has 3 rings (SSSR count). The maximum absolute atomic E-state index is 13.5. The first-order chi connectivity index (χ1) is 18.0. The number of nitrogens with one attached hydrogen (secondary N) is 2. The van der Waals surface area contributed by atoms with Crippen molar-refractivity contribution in [2.24, 2.45) is 0 Å². The minimum Gasteiger partial charge on any atom is -0.447 e. The lowest BCUT2D eigenvalue weighted by Crippen LogP contribution is -2.49. The van der Waals surface area contributed by atoms with Gasteiger partial charge in [-0.25, -0.2) is 23.8 Å². The summed E-state index contributed by atoms with van der Waals surface area (Å²) < 4.78 is 29.4. The Morgan fingerprint density at radius 2 is 1.74 bits per heavy atom. The number of amides is 3. The Bertz CT molecular complexity index is 1270. The Balaban J connectivity index is 1.59. The molecule has 0 aliphatic rings. The second-order valence-electron chi connectivity index (χ2n) is 9.47. The van der Waals surface area contributed by atoms with Gasteiger partial charge in [-0.05, 0) is 56.0 Å². The molecule has 0 saturated heterocycles. The summed E-state index contributed by atoms with van der Waals surface area (Å²) in [6.45, 7) is 4.88. The van der Waals surface area contributed by atoms with Crippen molar-refractivity contribution in [3.8, 4) is 0 Å². The molecule has 3 aromatic rings. The van der Waals surface area contributed by atoms with E-state index in [1.807, 2.05) is 30.3 Å². The number of aromatic nitrogens is 1. The predicted octanol–water partition coefficient (Wildman–Crippen LogP) is 5.08. The van der Waals surface area contributed by atoms with Crippen molar-refractivity contribution in [1.29, 1.82) is 0 Å². The van der Waals surface area contributed by atoms with E-state index in [0.717, 1.165) is 5.56 Å². The zero-order valence-electron chi connectivity index (χ0n) is 21.7. The van der Waals surface area contributed by atoms with Crippen LogP contribution in [-0.4, -0.2) is 60.0 Å². The normalized spacial score (nSPS) is 11.8. The van der Waals surface area contributed by atoms with E-state index in [9.17, 15) is 18.8 Å². The summed E-state index contributed by atoms with van der Waals surface area (Å²) in [6.07, 6.45) is -0.714. The first-order valence-electron chi connectivity index (χ1n) is 11.9. The van der Waals surface area contributed by atoms with E-state index in [1.165, 1.54) is 36.3 Å².